The fourth-order valence-corrected chi connectivity index (χ4v) is 3.34. The van der Waals surface area contributed by atoms with Crippen molar-refractivity contribution in [3.63, 3.8) is 0 Å². The normalized spacial score (nSPS) is 23.7. The average Bonchev–Trinajstić information content (AvgIpc) is 2.62. The number of rotatable bonds is 10. The summed E-state index contributed by atoms with van der Waals surface area (Å²) in [5.74, 6) is 0. The highest BCUT2D eigenvalue weighted by Crippen LogP contribution is 2.30. The molecule has 6 heteroatoms. The average molecular weight is 329 g/mol. The van der Waals surface area contributed by atoms with Gasteiger partial charge in [0.05, 0.1) is 39.6 Å². The zero-order valence-corrected chi connectivity index (χ0v) is 14.8. The van der Waals surface area contributed by atoms with Crippen LogP contribution < -0.4 is 0 Å². The minimum absolute atomic E-state index is 0.0498. The van der Waals surface area contributed by atoms with Gasteiger partial charge in [0.25, 0.3) is 0 Å². The van der Waals surface area contributed by atoms with Gasteiger partial charge in [0.15, 0.2) is 0 Å². The van der Waals surface area contributed by atoms with Gasteiger partial charge in [0, 0.05) is 52.0 Å². The summed E-state index contributed by atoms with van der Waals surface area (Å²) in [6, 6.07) is 0. The molecule has 23 heavy (non-hydrogen) atoms. The number of ether oxygens (including phenoxy) is 4. The predicted octanol–water partition coefficient (Wildman–Crippen LogP) is 1.01. The second kappa shape index (κ2) is 10.6. The summed E-state index contributed by atoms with van der Waals surface area (Å²) in [6.45, 7) is 14.0. The van der Waals surface area contributed by atoms with Crippen LogP contribution in [0.25, 0.3) is 0 Å². The monoisotopic (exact) mass is 329 g/mol. The highest BCUT2D eigenvalue weighted by atomic mass is 16.5. The molecule has 0 aromatic rings. The van der Waals surface area contributed by atoms with E-state index >= 15 is 0 Å². The minimum atomic E-state index is 0.0498. The molecule has 135 valence electrons. The van der Waals surface area contributed by atoms with Gasteiger partial charge in [0.2, 0.25) is 0 Å². The van der Waals surface area contributed by atoms with Crippen LogP contribution >= 0.6 is 0 Å². The second-order valence-corrected chi connectivity index (χ2v) is 6.19. The number of hydrogen-bond acceptors (Lipinski definition) is 6. The molecule has 0 aromatic carbocycles. The predicted molar refractivity (Wildman–Crippen MR) is 89.4 cm³/mol. The van der Waals surface area contributed by atoms with E-state index in [9.17, 15) is 0 Å². The van der Waals surface area contributed by atoms with Crippen LogP contribution in [-0.2, 0) is 18.9 Å². The van der Waals surface area contributed by atoms with Gasteiger partial charge in [-0.15, -0.1) is 0 Å². The Bertz CT molecular complexity index is 307. The van der Waals surface area contributed by atoms with Crippen LogP contribution in [0, 0.1) is 6.54 Å². The standard InChI is InChI=1S/C17H33N2O4/c1-3-17(4-9-21-15-14-20-2,19-7-12-23-13-8-19)16-18-5-10-22-11-6-18/h16H,3-15H2,1-2H3. The SMILES string of the molecule is CCC([CH]N1CCOCC1)(CCOCCOC)N1CCOCC1. The Morgan fingerprint density at radius 3 is 2.22 bits per heavy atom. The third-order valence-corrected chi connectivity index (χ3v) is 4.83. The third-order valence-electron chi connectivity index (χ3n) is 4.83. The molecular formula is C17H33N2O4. The number of nitrogens with zero attached hydrogens (tertiary/aromatic N) is 2. The lowest BCUT2D eigenvalue weighted by atomic mass is 9.88. The molecule has 2 rings (SSSR count). The highest BCUT2D eigenvalue weighted by Gasteiger charge is 2.38. The van der Waals surface area contributed by atoms with E-state index in [0.717, 1.165) is 72.1 Å². The first-order valence-corrected chi connectivity index (χ1v) is 8.88. The molecule has 0 aliphatic carbocycles. The molecular weight excluding hydrogens is 296 g/mol. The van der Waals surface area contributed by atoms with Crippen molar-refractivity contribution in [3.8, 4) is 0 Å². The van der Waals surface area contributed by atoms with E-state index in [1.807, 2.05) is 0 Å². The summed E-state index contributed by atoms with van der Waals surface area (Å²) >= 11 is 0. The molecule has 0 N–H and O–H groups in total. The molecule has 6 nitrogen and oxygen atoms in total. The maximum atomic E-state index is 5.77. The quantitative estimate of drug-likeness (QED) is 0.558. The number of morpholine rings is 2. The fourth-order valence-electron chi connectivity index (χ4n) is 3.34. The zero-order valence-electron chi connectivity index (χ0n) is 14.8. The molecule has 0 bridgehead atoms. The van der Waals surface area contributed by atoms with E-state index in [1.54, 1.807) is 7.11 Å². The first kappa shape index (κ1) is 19.1. The lowest BCUT2D eigenvalue weighted by Gasteiger charge is -2.48. The van der Waals surface area contributed by atoms with Gasteiger partial charge in [-0.1, -0.05) is 6.92 Å². The van der Waals surface area contributed by atoms with E-state index in [2.05, 4.69) is 23.3 Å². The Labute approximate surface area is 141 Å². The van der Waals surface area contributed by atoms with Crippen LogP contribution in [0.3, 0.4) is 0 Å². The minimum Gasteiger partial charge on any atom is -0.382 e. The zero-order chi connectivity index (χ0) is 16.4. The summed E-state index contributed by atoms with van der Waals surface area (Å²) < 4.78 is 21.9. The van der Waals surface area contributed by atoms with Gasteiger partial charge < -0.3 is 18.9 Å². The van der Waals surface area contributed by atoms with E-state index < -0.39 is 0 Å². The molecule has 1 radical (unpaired) electrons. The van der Waals surface area contributed by atoms with Gasteiger partial charge in [-0.25, -0.2) is 0 Å². The molecule has 2 heterocycles. The smallest absolute Gasteiger partial charge is 0.0700 e. The van der Waals surface area contributed by atoms with Crippen LogP contribution in [0.15, 0.2) is 0 Å². The third kappa shape index (κ3) is 5.96. The summed E-state index contributed by atoms with van der Waals surface area (Å²) in [5, 5.41) is 0. The molecule has 0 aromatic heterocycles. The van der Waals surface area contributed by atoms with Gasteiger partial charge >= 0.3 is 0 Å². The molecule has 2 saturated heterocycles. The Hall–Kier alpha value is -0.240. The van der Waals surface area contributed by atoms with E-state index in [4.69, 9.17) is 18.9 Å². The summed E-state index contributed by atoms with van der Waals surface area (Å²) in [6.07, 6.45) is 2.09. The van der Waals surface area contributed by atoms with Crippen LogP contribution in [0.4, 0.5) is 0 Å². The van der Waals surface area contributed by atoms with Gasteiger partial charge in [-0.2, -0.15) is 0 Å². The van der Waals surface area contributed by atoms with E-state index in [1.165, 1.54) is 0 Å². The second-order valence-electron chi connectivity index (χ2n) is 6.19. The van der Waals surface area contributed by atoms with E-state index in [-0.39, 0.29) is 5.54 Å². The Kier molecular flexibility index (Phi) is 8.79. The van der Waals surface area contributed by atoms with Crippen molar-refractivity contribution < 1.29 is 18.9 Å². The molecule has 0 spiro atoms. The maximum Gasteiger partial charge on any atom is 0.0700 e. The van der Waals surface area contributed by atoms with Crippen LogP contribution in [-0.4, -0.2) is 94.9 Å². The van der Waals surface area contributed by atoms with Gasteiger partial charge in [-0.3, -0.25) is 9.80 Å². The van der Waals surface area contributed by atoms with Crippen molar-refractivity contribution in [2.24, 2.45) is 0 Å². The topological polar surface area (TPSA) is 43.4 Å². The van der Waals surface area contributed by atoms with E-state index in [0.29, 0.717) is 13.2 Å². The van der Waals surface area contributed by atoms with Crippen molar-refractivity contribution in [2.75, 3.05) is 79.5 Å². The van der Waals surface area contributed by atoms with Crippen LogP contribution in [0.5, 0.6) is 0 Å². The van der Waals surface area contributed by atoms with Crippen molar-refractivity contribution in [3.05, 3.63) is 6.54 Å². The first-order valence-electron chi connectivity index (χ1n) is 8.88. The molecule has 0 saturated carbocycles. The number of methoxy groups -OCH3 is 1. The molecule has 1 atom stereocenters. The summed E-state index contributed by atoms with van der Waals surface area (Å²) in [7, 11) is 1.71. The summed E-state index contributed by atoms with van der Waals surface area (Å²) in [5.41, 5.74) is 0.0498. The first-order chi connectivity index (χ1) is 11.3. The molecule has 2 fully saturated rings. The molecule has 2 aliphatic rings. The highest BCUT2D eigenvalue weighted by molar-refractivity contribution is 5.02. The fraction of sp³-hybridized carbons (Fsp3) is 0.941. The maximum absolute atomic E-state index is 5.77. The van der Waals surface area contributed by atoms with Gasteiger partial charge in [0.1, 0.15) is 0 Å². The van der Waals surface area contributed by atoms with Crippen molar-refractivity contribution >= 4 is 0 Å². The Morgan fingerprint density at radius 1 is 0.957 bits per heavy atom. The molecule has 1 unspecified atom stereocenters. The lowest BCUT2D eigenvalue weighted by molar-refractivity contribution is -0.0457. The number of hydrogen-bond donors (Lipinski definition) is 0. The molecule has 2 aliphatic heterocycles. The van der Waals surface area contributed by atoms with Crippen LogP contribution in [0.2, 0.25) is 0 Å². The lowest BCUT2D eigenvalue weighted by Crippen LogP contribution is -2.57. The van der Waals surface area contributed by atoms with Crippen molar-refractivity contribution in [1.82, 2.24) is 9.80 Å². The largest absolute Gasteiger partial charge is 0.382 e. The van der Waals surface area contributed by atoms with Crippen molar-refractivity contribution in [1.29, 1.82) is 0 Å². The van der Waals surface area contributed by atoms with Crippen molar-refractivity contribution in [2.45, 2.75) is 25.3 Å². The van der Waals surface area contributed by atoms with Gasteiger partial charge in [-0.05, 0) is 12.8 Å². The van der Waals surface area contributed by atoms with Crippen LogP contribution in [0.1, 0.15) is 19.8 Å². The molecule has 0 amide bonds. The summed E-state index contributed by atoms with van der Waals surface area (Å²) in [4.78, 5) is 5.00. The Balaban J connectivity index is 1.94. The Morgan fingerprint density at radius 2 is 1.61 bits per heavy atom.